The van der Waals surface area contributed by atoms with Gasteiger partial charge < -0.3 is 10.1 Å². The number of ether oxygens (including phenoxy) is 1. The predicted molar refractivity (Wildman–Crippen MR) is 70.4 cm³/mol. The van der Waals surface area contributed by atoms with Crippen LogP contribution in [0.5, 0.6) is 0 Å². The Bertz CT molecular complexity index is 569. The van der Waals surface area contributed by atoms with Crippen molar-refractivity contribution in [2.75, 3.05) is 12.4 Å². The van der Waals surface area contributed by atoms with E-state index >= 15 is 0 Å². The van der Waals surface area contributed by atoms with E-state index in [0.717, 1.165) is 10.1 Å². The van der Waals surface area contributed by atoms with Crippen LogP contribution in [0, 0.1) is 0 Å². The molecule has 0 aliphatic heterocycles. The number of rotatable bonds is 4. The molecule has 1 atom stereocenters. The molecule has 0 aliphatic rings. The number of nitrogens with zero attached hydrogens (tertiary/aromatic N) is 3. The molecule has 6 nitrogen and oxygen atoms in total. The molecule has 0 radical (unpaired) electrons. The summed E-state index contributed by atoms with van der Waals surface area (Å²) < 4.78 is 7.19. The van der Waals surface area contributed by atoms with Crippen molar-refractivity contribution in [3.05, 3.63) is 22.8 Å². The molecular weight excluding hydrogens is 300 g/mol. The molecule has 2 heterocycles. The lowest BCUT2D eigenvalue weighted by molar-refractivity contribution is -0.140. The van der Waals surface area contributed by atoms with Crippen LogP contribution in [0.2, 0.25) is 0 Å². The van der Waals surface area contributed by atoms with E-state index in [1.807, 2.05) is 25.3 Å². The molecule has 0 aromatic carbocycles. The average molecular weight is 313 g/mol. The van der Waals surface area contributed by atoms with Crippen LogP contribution in [-0.4, -0.2) is 33.7 Å². The summed E-state index contributed by atoms with van der Waals surface area (Å²) in [7, 11) is 1.37. The lowest BCUT2D eigenvalue weighted by Gasteiger charge is -2.09. The van der Waals surface area contributed by atoms with Crippen LogP contribution < -0.4 is 5.32 Å². The molecule has 18 heavy (non-hydrogen) atoms. The minimum Gasteiger partial charge on any atom is -0.469 e. The van der Waals surface area contributed by atoms with Gasteiger partial charge in [0.1, 0.15) is 0 Å². The first-order valence-electron chi connectivity index (χ1n) is 5.44. The Morgan fingerprint density at radius 1 is 1.61 bits per heavy atom. The number of carbonyl (C=O) groups excluding carboxylic acids is 1. The minimum atomic E-state index is -0.262. The van der Waals surface area contributed by atoms with E-state index < -0.39 is 0 Å². The van der Waals surface area contributed by atoms with Crippen molar-refractivity contribution in [1.82, 2.24) is 14.6 Å². The molecule has 0 aliphatic carbocycles. The second-order valence-corrected chi connectivity index (χ2v) is 4.83. The van der Waals surface area contributed by atoms with E-state index in [4.69, 9.17) is 0 Å². The van der Waals surface area contributed by atoms with Crippen LogP contribution in [0.4, 0.5) is 5.95 Å². The zero-order valence-electron chi connectivity index (χ0n) is 10.1. The number of pyridine rings is 1. The van der Waals surface area contributed by atoms with Crippen molar-refractivity contribution >= 4 is 33.5 Å². The zero-order chi connectivity index (χ0) is 13.1. The number of anilines is 1. The fourth-order valence-electron chi connectivity index (χ4n) is 1.52. The molecule has 1 unspecified atom stereocenters. The Kier molecular flexibility index (Phi) is 3.81. The van der Waals surface area contributed by atoms with E-state index in [1.165, 1.54) is 7.11 Å². The van der Waals surface area contributed by atoms with Gasteiger partial charge in [0.2, 0.25) is 5.95 Å². The Morgan fingerprint density at radius 3 is 3.11 bits per heavy atom. The molecule has 7 heteroatoms. The molecule has 0 saturated heterocycles. The van der Waals surface area contributed by atoms with E-state index in [9.17, 15) is 4.79 Å². The maximum absolute atomic E-state index is 11.1. The maximum atomic E-state index is 11.1. The van der Waals surface area contributed by atoms with Crippen LogP contribution in [0.3, 0.4) is 0 Å². The monoisotopic (exact) mass is 312 g/mol. The van der Waals surface area contributed by atoms with Crippen LogP contribution in [0.25, 0.3) is 5.65 Å². The first-order valence-corrected chi connectivity index (χ1v) is 6.23. The Morgan fingerprint density at radius 2 is 2.39 bits per heavy atom. The van der Waals surface area contributed by atoms with Crippen molar-refractivity contribution in [3.63, 3.8) is 0 Å². The lowest BCUT2D eigenvalue weighted by atomic mass is 10.2. The van der Waals surface area contributed by atoms with Gasteiger partial charge in [-0.3, -0.25) is 4.79 Å². The number of hydrogen-bond donors (Lipinski definition) is 1. The Balaban J connectivity index is 2.09. The van der Waals surface area contributed by atoms with Crippen molar-refractivity contribution < 1.29 is 9.53 Å². The van der Waals surface area contributed by atoms with Crippen molar-refractivity contribution in [2.45, 2.75) is 19.4 Å². The summed E-state index contributed by atoms with van der Waals surface area (Å²) in [6.45, 7) is 1.87. The van der Waals surface area contributed by atoms with Gasteiger partial charge in [-0.1, -0.05) is 0 Å². The summed E-state index contributed by atoms with van der Waals surface area (Å²) in [6, 6.07) is 3.66. The van der Waals surface area contributed by atoms with Gasteiger partial charge in [0.15, 0.2) is 5.65 Å². The topological polar surface area (TPSA) is 68.5 Å². The van der Waals surface area contributed by atoms with E-state index in [0.29, 0.717) is 5.95 Å². The molecule has 2 aromatic heterocycles. The number of halogens is 1. The molecule has 0 amide bonds. The maximum Gasteiger partial charge on any atom is 0.307 e. The van der Waals surface area contributed by atoms with Crippen LogP contribution in [-0.2, 0) is 9.53 Å². The number of nitrogens with one attached hydrogen (secondary N) is 1. The number of fused-ring (bicyclic) bond motifs is 1. The highest BCUT2D eigenvalue weighted by Crippen LogP contribution is 2.13. The fraction of sp³-hybridized carbons (Fsp3) is 0.364. The number of esters is 1. The summed E-state index contributed by atoms with van der Waals surface area (Å²) in [4.78, 5) is 15.4. The van der Waals surface area contributed by atoms with Crippen LogP contribution in [0.15, 0.2) is 22.8 Å². The third-order valence-electron chi connectivity index (χ3n) is 2.37. The predicted octanol–water partition coefficient (Wildman–Crippen LogP) is 1.86. The summed E-state index contributed by atoms with van der Waals surface area (Å²) in [5.74, 6) is 0.228. The fourth-order valence-corrected chi connectivity index (χ4v) is 1.85. The van der Waals surface area contributed by atoms with Gasteiger partial charge in [-0.25, -0.2) is 4.52 Å². The standard InChI is InChI=1S/C11H13BrN4O2/c1-7(5-10(17)18-2)13-11-14-9-4-3-8(12)6-16(9)15-11/h3-4,6-7H,5H2,1-2H3,(H,13,15). The molecule has 0 fully saturated rings. The molecule has 2 rings (SSSR count). The third kappa shape index (κ3) is 2.98. The van der Waals surface area contributed by atoms with Gasteiger partial charge in [-0.05, 0) is 35.0 Å². The van der Waals surface area contributed by atoms with Gasteiger partial charge in [0.05, 0.1) is 13.5 Å². The smallest absolute Gasteiger partial charge is 0.307 e. The second-order valence-electron chi connectivity index (χ2n) is 3.91. The van der Waals surface area contributed by atoms with E-state index in [-0.39, 0.29) is 18.4 Å². The Labute approximate surface area is 112 Å². The van der Waals surface area contributed by atoms with Crippen molar-refractivity contribution in [2.24, 2.45) is 0 Å². The zero-order valence-corrected chi connectivity index (χ0v) is 11.6. The van der Waals surface area contributed by atoms with Gasteiger partial charge in [-0.2, -0.15) is 4.98 Å². The number of methoxy groups -OCH3 is 1. The highest BCUT2D eigenvalue weighted by molar-refractivity contribution is 9.10. The highest BCUT2D eigenvalue weighted by atomic mass is 79.9. The van der Waals surface area contributed by atoms with Crippen LogP contribution in [0.1, 0.15) is 13.3 Å². The quantitative estimate of drug-likeness (QED) is 0.873. The molecule has 0 saturated carbocycles. The van der Waals surface area contributed by atoms with Gasteiger partial charge in [0.25, 0.3) is 0 Å². The second kappa shape index (κ2) is 5.34. The van der Waals surface area contributed by atoms with Crippen molar-refractivity contribution in [3.8, 4) is 0 Å². The van der Waals surface area contributed by atoms with Crippen LogP contribution >= 0.6 is 15.9 Å². The molecule has 1 N–H and O–H groups in total. The summed E-state index contributed by atoms with van der Waals surface area (Å²) >= 11 is 3.36. The minimum absolute atomic E-state index is 0.0849. The average Bonchev–Trinajstić information content (AvgIpc) is 2.69. The first-order chi connectivity index (χ1) is 8.58. The van der Waals surface area contributed by atoms with Crippen molar-refractivity contribution in [1.29, 1.82) is 0 Å². The van der Waals surface area contributed by atoms with E-state index in [1.54, 1.807) is 4.52 Å². The molecule has 0 spiro atoms. The lowest BCUT2D eigenvalue weighted by Crippen LogP contribution is -2.21. The number of carbonyl (C=O) groups is 1. The van der Waals surface area contributed by atoms with Gasteiger partial charge in [0, 0.05) is 16.7 Å². The first kappa shape index (κ1) is 12.8. The molecular formula is C11H13BrN4O2. The normalized spacial score (nSPS) is 12.4. The van der Waals surface area contributed by atoms with E-state index in [2.05, 4.69) is 36.1 Å². The number of aromatic nitrogens is 3. The number of hydrogen-bond acceptors (Lipinski definition) is 5. The largest absolute Gasteiger partial charge is 0.469 e. The summed E-state index contributed by atoms with van der Waals surface area (Å²) in [5.41, 5.74) is 0.742. The Hall–Kier alpha value is -1.63. The molecule has 2 aromatic rings. The van der Waals surface area contributed by atoms with Gasteiger partial charge in [-0.15, -0.1) is 5.10 Å². The molecule has 96 valence electrons. The molecule has 0 bridgehead atoms. The van der Waals surface area contributed by atoms with Gasteiger partial charge >= 0.3 is 5.97 Å². The third-order valence-corrected chi connectivity index (χ3v) is 2.84. The summed E-state index contributed by atoms with van der Waals surface area (Å²) in [6.07, 6.45) is 2.09. The SMILES string of the molecule is COC(=O)CC(C)Nc1nc2ccc(Br)cn2n1. The summed E-state index contributed by atoms with van der Waals surface area (Å²) in [5, 5.41) is 7.32. The highest BCUT2D eigenvalue weighted by Gasteiger charge is 2.11.